The van der Waals surface area contributed by atoms with Crippen LogP contribution in [0.1, 0.15) is 25.0 Å². The molecule has 0 saturated carbocycles. The third-order valence-corrected chi connectivity index (χ3v) is 10.9. The maximum Gasteiger partial charge on any atom is 0.0353 e. The minimum absolute atomic E-state index is 0.0562. The quantitative estimate of drug-likeness (QED) is 0.178. The maximum absolute atomic E-state index is 4.69. The molecule has 0 unspecified atom stereocenters. The Kier molecular flexibility index (Phi) is 5.99. The van der Waals surface area contributed by atoms with Crippen LogP contribution in [-0.4, -0.2) is 4.98 Å². The normalized spacial score (nSPS) is 13.3. The predicted octanol–water partition coefficient (Wildman–Crippen LogP) is 13.0. The second-order valence-corrected chi connectivity index (χ2v) is 14.0. The lowest BCUT2D eigenvalue weighted by molar-refractivity contribution is 0.660. The fourth-order valence-corrected chi connectivity index (χ4v) is 8.52. The molecule has 1 heteroatoms. The number of nitrogens with zero attached hydrogens (tertiary/aromatic N) is 1. The van der Waals surface area contributed by atoms with E-state index in [4.69, 9.17) is 4.98 Å². The van der Waals surface area contributed by atoms with Gasteiger partial charge in [-0.05, 0) is 118 Å². The largest absolute Gasteiger partial charge is 0.264 e. The summed E-state index contributed by atoms with van der Waals surface area (Å²) in [6, 6.07) is 56.2. The van der Waals surface area contributed by atoms with Crippen LogP contribution >= 0.6 is 0 Å². The van der Waals surface area contributed by atoms with E-state index >= 15 is 0 Å². The van der Waals surface area contributed by atoms with Crippen molar-refractivity contribution < 1.29 is 0 Å². The van der Waals surface area contributed by atoms with Crippen LogP contribution in [0, 0.1) is 0 Å². The fourth-order valence-electron chi connectivity index (χ4n) is 8.52. The van der Waals surface area contributed by atoms with Gasteiger partial charge in [0.25, 0.3) is 0 Å². The SMILES string of the molecule is CC1(C)c2ccccc2-c2ccc(-c3ccc4c(-c5ccc6ccccc6c5)c5cnccc5c(-c5cccc6ccccc56)c4c3)cc21. The smallest absolute Gasteiger partial charge is 0.0353 e. The van der Waals surface area contributed by atoms with Gasteiger partial charge in [0, 0.05) is 23.2 Å². The molecule has 9 aromatic rings. The average Bonchev–Trinajstić information content (AvgIpc) is 3.38. The summed E-state index contributed by atoms with van der Waals surface area (Å²) in [5.74, 6) is 0. The molecule has 1 aliphatic rings. The summed E-state index contributed by atoms with van der Waals surface area (Å²) in [5.41, 5.74) is 12.8. The molecule has 0 spiro atoms. The van der Waals surface area contributed by atoms with Crippen LogP contribution in [0.2, 0.25) is 0 Å². The number of aromatic nitrogens is 1. The minimum Gasteiger partial charge on any atom is -0.264 e. The van der Waals surface area contributed by atoms with Crippen LogP contribution in [0.15, 0.2) is 164 Å². The van der Waals surface area contributed by atoms with Crippen molar-refractivity contribution >= 4 is 43.1 Å². The molecule has 0 radical (unpaired) electrons. The lowest BCUT2D eigenvalue weighted by atomic mass is 9.81. The highest BCUT2D eigenvalue weighted by molar-refractivity contribution is 6.24. The molecule has 0 fully saturated rings. The van der Waals surface area contributed by atoms with Crippen molar-refractivity contribution in [1.82, 2.24) is 4.98 Å². The van der Waals surface area contributed by atoms with Crippen molar-refractivity contribution in [2.45, 2.75) is 19.3 Å². The van der Waals surface area contributed by atoms with Crippen LogP contribution in [0.5, 0.6) is 0 Å². The maximum atomic E-state index is 4.69. The van der Waals surface area contributed by atoms with Crippen molar-refractivity contribution in [2.24, 2.45) is 0 Å². The Morgan fingerprint density at radius 2 is 1.06 bits per heavy atom. The van der Waals surface area contributed by atoms with Crippen molar-refractivity contribution in [3.8, 4) is 44.5 Å². The van der Waals surface area contributed by atoms with Crippen molar-refractivity contribution in [1.29, 1.82) is 0 Å². The Morgan fingerprint density at radius 3 is 1.98 bits per heavy atom. The highest BCUT2D eigenvalue weighted by atomic mass is 14.6. The van der Waals surface area contributed by atoms with Crippen molar-refractivity contribution in [3.05, 3.63) is 175 Å². The van der Waals surface area contributed by atoms with Crippen LogP contribution in [0.25, 0.3) is 87.6 Å². The molecule has 49 heavy (non-hydrogen) atoms. The summed E-state index contributed by atoms with van der Waals surface area (Å²) in [4.78, 5) is 4.69. The lowest BCUT2D eigenvalue weighted by Crippen LogP contribution is -2.14. The van der Waals surface area contributed by atoms with Crippen LogP contribution in [0.4, 0.5) is 0 Å². The lowest BCUT2D eigenvalue weighted by Gasteiger charge is -2.22. The van der Waals surface area contributed by atoms with E-state index in [9.17, 15) is 0 Å². The highest BCUT2D eigenvalue weighted by Gasteiger charge is 2.35. The molecule has 1 aromatic heterocycles. The van der Waals surface area contributed by atoms with Gasteiger partial charge in [0.2, 0.25) is 0 Å². The zero-order valence-electron chi connectivity index (χ0n) is 27.5. The molecule has 1 heterocycles. The number of benzene rings is 8. The second-order valence-electron chi connectivity index (χ2n) is 14.0. The molecule has 230 valence electrons. The number of pyridine rings is 1. The van der Waals surface area contributed by atoms with Gasteiger partial charge in [-0.25, -0.2) is 0 Å². The van der Waals surface area contributed by atoms with Crippen LogP contribution < -0.4 is 0 Å². The average molecular weight is 624 g/mol. The first-order chi connectivity index (χ1) is 24.1. The fraction of sp³-hybridized carbons (Fsp3) is 0.0625. The summed E-state index contributed by atoms with van der Waals surface area (Å²) in [6.45, 7) is 4.72. The molecule has 0 atom stereocenters. The summed E-state index contributed by atoms with van der Waals surface area (Å²) in [7, 11) is 0. The Labute approximate surface area is 286 Å². The van der Waals surface area contributed by atoms with Gasteiger partial charge in [0.05, 0.1) is 0 Å². The van der Waals surface area contributed by atoms with E-state index in [0.29, 0.717) is 0 Å². The van der Waals surface area contributed by atoms with Gasteiger partial charge in [-0.3, -0.25) is 4.98 Å². The predicted molar refractivity (Wildman–Crippen MR) is 208 cm³/mol. The molecule has 8 aromatic carbocycles. The van der Waals surface area contributed by atoms with E-state index in [0.717, 1.165) is 5.39 Å². The topological polar surface area (TPSA) is 12.9 Å². The number of hydrogen-bond donors (Lipinski definition) is 0. The third kappa shape index (κ3) is 4.15. The first kappa shape index (κ1) is 28.0. The van der Waals surface area contributed by atoms with E-state index < -0.39 is 0 Å². The van der Waals surface area contributed by atoms with Gasteiger partial charge >= 0.3 is 0 Å². The molecule has 0 saturated heterocycles. The van der Waals surface area contributed by atoms with E-state index in [1.807, 2.05) is 6.20 Å². The van der Waals surface area contributed by atoms with Gasteiger partial charge < -0.3 is 0 Å². The Hall–Kier alpha value is -6.05. The van der Waals surface area contributed by atoms with Gasteiger partial charge in [-0.1, -0.05) is 141 Å². The number of hydrogen-bond acceptors (Lipinski definition) is 1. The Bertz CT molecular complexity index is 2800. The van der Waals surface area contributed by atoms with Gasteiger partial charge in [0.15, 0.2) is 0 Å². The molecular weight excluding hydrogens is 591 g/mol. The molecule has 0 N–H and O–H groups in total. The first-order valence-electron chi connectivity index (χ1n) is 17.1. The van der Waals surface area contributed by atoms with Gasteiger partial charge in [-0.15, -0.1) is 0 Å². The van der Waals surface area contributed by atoms with Gasteiger partial charge in [-0.2, -0.15) is 0 Å². The summed E-state index contributed by atoms with van der Waals surface area (Å²) >= 11 is 0. The monoisotopic (exact) mass is 623 g/mol. The second kappa shape index (κ2) is 10.5. The minimum atomic E-state index is -0.0562. The molecule has 0 aliphatic heterocycles. The van der Waals surface area contributed by atoms with E-state index in [-0.39, 0.29) is 5.41 Å². The van der Waals surface area contributed by atoms with Gasteiger partial charge in [0.1, 0.15) is 0 Å². The number of fused-ring (bicyclic) bond motifs is 7. The molecule has 1 aliphatic carbocycles. The molecule has 10 rings (SSSR count). The molecule has 0 amide bonds. The van der Waals surface area contributed by atoms with Crippen molar-refractivity contribution in [2.75, 3.05) is 0 Å². The molecular formula is C48H33N. The molecule has 0 bridgehead atoms. The zero-order chi connectivity index (χ0) is 32.7. The Balaban J connectivity index is 1.29. The number of rotatable bonds is 3. The van der Waals surface area contributed by atoms with Crippen LogP contribution in [0.3, 0.4) is 0 Å². The third-order valence-electron chi connectivity index (χ3n) is 10.9. The summed E-state index contributed by atoms with van der Waals surface area (Å²) in [5, 5.41) is 9.84. The standard InChI is InChI=1S/C48H33N/c1-48(2)44-17-8-7-15-37(44)38-22-20-34(28-45(38)48)33-21-23-40-42(27-33)47(39-16-9-13-31-11-5-6-14-36(31)39)41-24-25-49-29-43(41)46(40)35-19-18-30-10-3-4-12-32(30)26-35/h3-29H,1-2H3. The van der Waals surface area contributed by atoms with E-state index in [1.54, 1.807) is 0 Å². The highest BCUT2D eigenvalue weighted by Crippen LogP contribution is 2.50. The first-order valence-corrected chi connectivity index (χ1v) is 17.1. The molecule has 1 nitrogen and oxygen atoms in total. The summed E-state index contributed by atoms with van der Waals surface area (Å²) < 4.78 is 0. The van der Waals surface area contributed by atoms with E-state index in [2.05, 4.69) is 172 Å². The zero-order valence-corrected chi connectivity index (χ0v) is 27.5. The van der Waals surface area contributed by atoms with Crippen molar-refractivity contribution in [3.63, 3.8) is 0 Å². The van der Waals surface area contributed by atoms with E-state index in [1.165, 1.54) is 93.3 Å². The van der Waals surface area contributed by atoms with Crippen LogP contribution in [-0.2, 0) is 5.41 Å². The Morgan fingerprint density at radius 1 is 0.388 bits per heavy atom. The summed E-state index contributed by atoms with van der Waals surface area (Å²) in [6.07, 6.45) is 4.00.